The van der Waals surface area contributed by atoms with E-state index in [9.17, 15) is 14.0 Å². The highest BCUT2D eigenvalue weighted by Gasteiger charge is 2.17. The Bertz CT molecular complexity index is 868. The van der Waals surface area contributed by atoms with Crippen LogP contribution in [0.4, 0.5) is 15.8 Å². The molecule has 3 rings (SSSR count). The summed E-state index contributed by atoms with van der Waals surface area (Å²) < 4.78 is 14.5. The van der Waals surface area contributed by atoms with Gasteiger partial charge in [0.1, 0.15) is 5.82 Å². The van der Waals surface area contributed by atoms with E-state index >= 15 is 0 Å². The Balaban J connectivity index is 1.54. The fourth-order valence-corrected chi connectivity index (χ4v) is 3.61. The van der Waals surface area contributed by atoms with Crippen LogP contribution in [0.25, 0.3) is 0 Å². The van der Waals surface area contributed by atoms with Crippen molar-refractivity contribution >= 4 is 39.1 Å². The minimum Gasteiger partial charge on any atom is -0.371 e. The van der Waals surface area contributed by atoms with Gasteiger partial charge in [-0.2, -0.15) is 0 Å². The number of carbonyl (C=O) groups is 2. The molecule has 1 saturated heterocycles. The van der Waals surface area contributed by atoms with Crippen LogP contribution in [0.3, 0.4) is 0 Å². The van der Waals surface area contributed by atoms with Crippen LogP contribution < -0.4 is 15.5 Å². The van der Waals surface area contributed by atoms with E-state index in [1.807, 2.05) is 24.3 Å². The molecule has 1 fully saturated rings. The van der Waals surface area contributed by atoms with E-state index in [0.29, 0.717) is 4.47 Å². The first-order valence-corrected chi connectivity index (χ1v) is 10.1. The molecule has 5 nitrogen and oxygen atoms in total. The summed E-state index contributed by atoms with van der Waals surface area (Å²) >= 11 is 3.16. The van der Waals surface area contributed by atoms with Crippen molar-refractivity contribution in [2.45, 2.75) is 32.2 Å². The molecule has 2 amide bonds. The third kappa shape index (κ3) is 5.32. The number of halogens is 2. The number of carbonyl (C=O) groups excluding carboxylic acids is 2. The van der Waals surface area contributed by atoms with Crippen LogP contribution in [0.5, 0.6) is 0 Å². The molecular formula is C21H23BrFN3O2. The molecular weight excluding hydrogens is 425 g/mol. The van der Waals surface area contributed by atoms with Crippen LogP contribution in [0.15, 0.2) is 46.9 Å². The third-order valence-corrected chi connectivity index (χ3v) is 5.14. The second-order valence-corrected chi connectivity index (χ2v) is 7.91. The van der Waals surface area contributed by atoms with E-state index < -0.39 is 17.8 Å². The topological polar surface area (TPSA) is 61.4 Å². The molecule has 1 unspecified atom stereocenters. The molecule has 1 aliphatic heterocycles. The van der Waals surface area contributed by atoms with Crippen molar-refractivity contribution in [2.24, 2.45) is 0 Å². The molecule has 2 aromatic rings. The molecule has 2 N–H and O–H groups in total. The van der Waals surface area contributed by atoms with Crippen LogP contribution in [-0.4, -0.2) is 30.9 Å². The van der Waals surface area contributed by atoms with Crippen LogP contribution >= 0.6 is 15.9 Å². The highest BCUT2D eigenvalue weighted by Crippen LogP contribution is 2.23. The Hall–Kier alpha value is -2.41. The first kappa shape index (κ1) is 20.3. The maximum absolute atomic E-state index is 13.9. The molecule has 148 valence electrons. The van der Waals surface area contributed by atoms with E-state index in [2.05, 4.69) is 31.5 Å². The van der Waals surface area contributed by atoms with E-state index in [1.54, 1.807) is 13.0 Å². The number of benzene rings is 2. The SMILES string of the molecule is CC(CC(=O)Nc1cccc(N2CCCC2)c1)NC(=O)c1ccc(Br)cc1F. The highest BCUT2D eigenvalue weighted by atomic mass is 79.9. The average molecular weight is 448 g/mol. The molecule has 0 spiro atoms. The highest BCUT2D eigenvalue weighted by molar-refractivity contribution is 9.10. The zero-order chi connectivity index (χ0) is 20.1. The van der Waals surface area contributed by atoms with Gasteiger partial charge in [-0.3, -0.25) is 9.59 Å². The molecule has 0 bridgehead atoms. The molecule has 0 aliphatic carbocycles. The monoisotopic (exact) mass is 447 g/mol. The number of rotatable bonds is 6. The summed E-state index contributed by atoms with van der Waals surface area (Å²) in [6, 6.07) is 11.6. The van der Waals surface area contributed by atoms with E-state index in [0.717, 1.165) is 24.5 Å². The van der Waals surface area contributed by atoms with Gasteiger partial charge in [0.05, 0.1) is 5.56 Å². The Morgan fingerprint density at radius 1 is 1.18 bits per heavy atom. The smallest absolute Gasteiger partial charge is 0.254 e. The average Bonchev–Trinajstić information content (AvgIpc) is 3.16. The summed E-state index contributed by atoms with van der Waals surface area (Å²) in [5.74, 6) is -1.36. The number of hydrogen-bond acceptors (Lipinski definition) is 3. The van der Waals surface area contributed by atoms with Gasteiger partial charge in [-0.25, -0.2) is 4.39 Å². The Kier molecular flexibility index (Phi) is 6.67. The second kappa shape index (κ2) is 9.19. The molecule has 1 heterocycles. The zero-order valence-electron chi connectivity index (χ0n) is 15.7. The first-order chi connectivity index (χ1) is 13.4. The number of anilines is 2. The molecule has 7 heteroatoms. The van der Waals surface area contributed by atoms with E-state index in [-0.39, 0.29) is 17.9 Å². The lowest BCUT2D eigenvalue weighted by atomic mass is 10.1. The minimum atomic E-state index is -0.609. The number of nitrogens with zero attached hydrogens (tertiary/aromatic N) is 1. The molecule has 0 aromatic heterocycles. The quantitative estimate of drug-likeness (QED) is 0.692. The van der Waals surface area contributed by atoms with Gasteiger partial charge in [0, 0.05) is 41.4 Å². The van der Waals surface area contributed by atoms with E-state index in [4.69, 9.17) is 0 Å². The van der Waals surface area contributed by atoms with Crippen molar-refractivity contribution in [3.05, 3.63) is 58.3 Å². The lowest BCUT2D eigenvalue weighted by Crippen LogP contribution is -2.35. The summed E-state index contributed by atoms with van der Waals surface area (Å²) in [7, 11) is 0. The van der Waals surface area contributed by atoms with Crippen LogP contribution in [0.2, 0.25) is 0 Å². The van der Waals surface area contributed by atoms with Gasteiger partial charge in [-0.15, -0.1) is 0 Å². The van der Waals surface area contributed by atoms with Gasteiger partial charge >= 0.3 is 0 Å². The van der Waals surface area contributed by atoms with Crippen molar-refractivity contribution in [3.63, 3.8) is 0 Å². The fourth-order valence-electron chi connectivity index (χ4n) is 3.27. The van der Waals surface area contributed by atoms with Gasteiger partial charge in [-0.1, -0.05) is 22.0 Å². The molecule has 0 radical (unpaired) electrons. The summed E-state index contributed by atoms with van der Waals surface area (Å²) in [5, 5.41) is 5.54. The Morgan fingerprint density at radius 2 is 1.93 bits per heavy atom. The lowest BCUT2D eigenvalue weighted by Gasteiger charge is -2.19. The Morgan fingerprint density at radius 3 is 2.64 bits per heavy atom. The normalized spacial score (nSPS) is 14.6. The van der Waals surface area contributed by atoms with Crippen LogP contribution in [0.1, 0.15) is 36.5 Å². The predicted molar refractivity (Wildman–Crippen MR) is 112 cm³/mol. The van der Waals surface area contributed by atoms with Gasteiger partial charge in [0.25, 0.3) is 5.91 Å². The Labute approximate surface area is 172 Å². The summed E-state index contributed by atoms with van der Waals surface area (Å²) in [6.45, 7) is 3.79. The van der Waals surface area contributed by atoms with Gasteiger partial charge in [0.15, 0.2) is 0 Å². The third-order valence-electron chi connectivity index (χ3n) is 4.65. The zero-order valence-corrected chi connectivity index (χ0v) is 17.3. The molecule has 1 atom stereocenters. The van der Waals surface area contributed by atoms with Gasteiger partial charge < -0.3 is 15.5 Å². The van der Waals surface area contributed by atoms with Crippen molar-refractivity contribution in [2.75, 3.05) is 23.3 Å². The molecule has 2 aromatic carbocycles. The number of amides is 2. The molecule has 1 aliphatic rings. The van der Waals surface area contributed by atoms with Gasteiger partial charge in [-0.05, 0) is 56.2 Å². The van der Waals surface area contributed by atoms with Crippen molar-refractivity contribution < 1.29 is 14.0 Å². The largest absolute Gasteiger partial charge is 0.371 e. The molecule has 28 heavy (non-hydrogen) atoms. The predicted octanol–water partition coefficient (Wildman–Crippen LogP) is 4.34. The second-order valence-electron chi connectivity index (χ2n) is 7.00. The van der Waals surface area contributed by atoms with Crippen molar-refractivity contribution in [1.82, 2.24) is 5.32 Å². The summed E-state index contributed by atoms with van der Waals surface area (Å²) in [4.78, 5) is 26.8. The maximum Gasteiger partial charge on any atom is 0.254 e. The lowest BCUT2D eigenvalue weighted by molar-refractivity contribution is -0.116. The van der Waals surface area contributed by atoms with Crippen LogP contribution in [0, 0.1) is 5.82 Å². The maximum atomic E-state index is 13.9. The minimum absolute atomic E-state index is 0.0474. The summed E-state index contributed by atoms with van der Waals surface area (Å²) in [6.07, 6.45) is 2.47. The number of hydrogen-bond donors (Lipinski definition) is 2. The van der Waals surface area contributed by atoms with Crippen molar-refractivity contribution in [3.8, 4) is 0 Å². The summed E-state index contributed by atoms with van der Waals surface area (Å²) in [5.41, 5.74) is 1.78. The first-order valence-electron chi connectivity index (χ1n) is 9.33. The van der Waals surface area contributed by atoms with E-state index in [1.165, 1.54) is 25.0 Å². The van der Waals surface area contributed by atoms with Crippen molar-refractivity contribution in [1.29, 1.82) is 0 Å². The fraction of sp³-hybridized carbons (Fsp3) is 0.333. The van der Waals surface area contributed by atoms with Crippen LogP contribution in [-0.2, 0) is 4.79 Å². The number of nitrogens with one attached hydrogen (secondary N) is 2. The molecule has 0 saturated carbocycles. The van der Waals surface area contributed by atoms with Gasteiger partial charge in [0.2, 0.25) is 5.91 Å². The standard InChI is InChI=1S/C21H23BrFN3O2/c1-14(24-21(28)18-8-7-15(22)12-19(18)23)11-20(27)25-16-5-4-6-17(13-16)26-9-2-3-10-26/h4-8,12-14H,2-3,9-11H2,1H3,(H,24,28)(H,25,27).